The number of para-hydroxylation sites is 1. The van der Waals surface area contributed by atoms with Gasteiger partial charge in [0.05, 0.1) is 28.7 Å². The summed E-state index contributed by atoms with van der Waals surface area (Å²) in [5.74, 6) is -0.271. The molecule has 1 saturated heterocycles. The molecule has 1 amide bonds. The number of ether oxygens (including phenoxy) is 1. The van der Waals surface area contributed by atoms with Crippen LogP contribution < -0.4 is 5.56 Å². The average molecular weight is 430 g/mol. The van der Waals surface area contributed by atoms with Gasteiger partial charge in [0.15, 0.2) is 5.16 Å². The third kappa shape index (κ3) is 4.24. The third-order valence-electron chi connectivity index (χ3n) is 5.74. The Morgan fingerprint density at radius 3 is 2.57 bits per heavy atom. The number of nitrogens with zero attached hydrogens (tertiary/aromatic N) is 3. The SMILES string of the molecule is CCOC(=O)C1CCN(C(=O)[C@@H](C)Sc2nc3ccccc3c(=O)n2C2CC2)CC1. The van der Waals surface area contributed by atoms with E-state index in [0.717, 1.165) is 12.8 Å². The Hall–Kier alpha value is -2.35. The predicted octanol–water partition coefficient (Wildman–Crippen LogP) is 3.01. The fourth-order valence-corrected chi connectivity index (χ4v) is 4.99. The minimum absolute atomic E-state index is 0.0204. The second-order valence-corrected chi connectivity index (χ2v) is 9.24. The van der Waals surface area contributed by atoms with Crippen LogP contribution in [-0.4, -0.2) is 51.3 Å². The maximum absolute atomic E-state index is 13.0. The number of rotatable bonds is 6. The first-order chi connectivity index (χ1) is 14.5. The molecular weight excluding hydrogens is 402 g/mol. The molecule has 160 valence electrons. The number of esters is 1. The summed E-state index contributed by atoms with van der Waals surface area (Å²) in [6.45, 7) is 5.15. The number of carbonyl (C=O) groups is 2. The molecular formula is C22H27N3O4S. The fraction of sp³-hybridized carbons (Fsp3) is 0.545. The molecule has 1 aliphatic heterocycles. The van der Waals surface area contributed by atoms with Gasteiger partial charge >= 0.3 is 5.97 Å². The molecule has 8 heteroatoms. The molecule has 0 N–H and O–H groups in total. The van der Waals surface area contributed by atoms with Crippen molar-refractivity contribution in [3.05, 3.63) is 34.6 Å². The van der Waals surface area contributed by atoms with Gasteiger partial charge in [-0.3, -0.25) is 19.0 Å². The van der Waals surface area contributed by atoms with Crippen LogP contribution in [0.15, 0.2) is 34.2 Å². The first kappa shape index (κ1) is 20.9. The molecule has 1 aromatic heterocycles. The van der Waals surface area contributed by atoms with Crippen LogP contribution >= 0.6 is 11.8 Å². The highest BCUT2D eigenvalue weighted by molar-refractivity contribution is 8.00. The molecule has 1 aromatic carbocycles. The average Bonchev–Trinajstić information content (AvgIpc) is 3.58. The Balaban J connectivity index is 1.48. The van der Waals surface area contributed by atoms with E-state index in [1.165, 1.54) is 11.8 Å². The van der Waals surface area contributed by atoms with Gasteiger partial charge in [-0.25, -0.2) is 4.98 Å². The number of fused-ring (bicyclic) bond motifs is 1. The minimum atomic E-state index is -0.359. The quantitative estimate of drug-likeness (QED) is 0.399. The topological polar surface area (TPSA) is 81.5 Å². The summed E-state index contributed by atoms with van der Waals surface area (Å²) < 4.78 is 6.87. The van der Waals surface area contributed by atoms with E-state index in [1.54, 1.807) is 17.6 Å². The van der Waals surface area contributed by atoms with E-state index in [2.05, 4.69) is 0 Å². The summed E-state index contributed by atoms with van der Waals surface area (Å²) in [4.78, 5) is 44.5. The van der Waals surface area contributed by atoms with Crippen molar-refractivity contribution in [1.29, 1.82) is 0 Å². The van der Waals surface area contributed by atoms with Crippen molar-refractivity contribution in [2.24, 2.45) is 5.92 Å². The highest BCUT2D eigenvalue weighted by Crippen LogP contribution is 2.38. The van der Waals surface area contributed by atoms with Crippen molar-refractivity contribution in [2.45, 2.75) is 56.0 Å². The molecule has 0 bridgehead atoms. The smallest absolute Gasteiger partial charge is 0.309 e. The van der Waals surface area contributed by atoms with Crippen LogP contribution in [0.5, 0.6) is 0 Å². The molecule has 1 saturated carbocycles. The van der Waals surface area contributed by atoms with Crippen molar-refractivity contribution in [3.63, 3.8) is 0 Å². The summed E-state index contributed by atoms with van der Waals surface area (Å²) in [6.07, 6.45) is 3.19. The lowest BCUT2D eigenvalue weighted by Gasteiger charge is -2.32. The number of aromatic nitrogens is 2. The van der Waals surface area contributed by atoms with Crippen molar-refractivity contribution in [3.8, 4) is 0 Å². The maximum atomic E-state index is 13.0. The second-order valence-electron chi connectivity index (χ2n) is 7.93. The second kappa shape index (κ2) is 8.79. The van der Waals surface area contributed by atoms with Crippen molar-refractivity contribution in [1.82, 2.24) is 14.5 Å². The van der Waals surface area contributed by atoms with E-state index in [0.29, 0.717) is 48.6 Å². The van der Waals surface area contributed by atoms with Crippen LogP contribution in [0.1, 0.15) is 45.6 Å². The lowest BCUT2D eigenvalue weighted by molar-refractivity contribution is -0.151. The number of carbonyl (C=O) groups excluding carboxylic acids is 2. The van der Waals surface area contributed by atoms with Gasteiger partial charge < -0.3 is 9.64 Å². The molecule has 2 heterocycles. The summed E-state index contributed by atoms with van der Waals surface area (Å²) in [5, 5.41) is 0.874. The minimum Gasteiger partial charge on any atom is -0.466 e. The number of piperidine rings is 1. The molecule has 0 radical (unpaired) electrons. The van der Waals surface area contributed by atoms with Crippen molar-refractivity contribution < 1.29 is 14.3 Å². The van der Waals surface area contributed by atoms with Crippen LogP contribution in [0.4, 0.5) is 0 Å². The van der Waals surface area contributed by atoms with E-state index in [1.807, 2.05) is 30.0 Å². The molecule has 2 fully saturated rings. The van der Waals surface area contributed by atoms with Crippen LogP contribution in [0.25, 0.3) is 10.9 Å². The number of likely N-dealkylation sites (tertiary alicyclic amines) is 1. The van der Waals surface area contributed by atoms with Gasteiger partial charge in [0.2, 0.25) is 5.91 Å². The highest BCUT2D eigenvalue weighted by Gasteiger charge is 2.33. The maximum Gasteiger partial charge on any atom is 0.309 e. The Morgan fingerprint density at radius 1 is 1.20 bits per heavy atom. The number of hydrogen-bond donors (Lipinski definition) is 0. The van der Waals surface area contributed by atoms with E-state index < -0.39 is 0 Å². The van der Waals surface area contributed by atoms with Crippen molar-refractivity contribution >= 4 is 34.5 Å². The van der Waals surface area contributed by atoms with E-state index in [4.69, 9.17) is 9.72 Å². The summed E-state index contributed by atoms with van der Waals surface area (Å²) >= 11 is 1.35. The van der Waals surface area contributed by atoms with Gasteiger partial charge in [0.25, 0.3) is 5.56 Å². The van der Waals surface area contributed by atoms with Crippen molar-refractivity contribution in [2.75, 3.05) is 19.7 Å². The highest BCUT2D eigenvalue weighted by atomic mass is 32.2. The van der Waals surface area contributed by atoms with Gasteiger partial charge in [0, 0.05) is 19.1 Å². The molecule has 2 aromatic rings. The first-order valence-corrected chi connectivity index (χ1v) is 11.5. The Morgan fingerprint density at radius 2 is 1.90 bits per heavy atom. The van der Waals surface area contributed by atoms with Gasteiger partial charge in [-0.15, -0.1) is 0 Å². The van der Waals surface area contributed by atoms with Crippen LogP contribution in [-0.2, 0) is 14.3 Å². The van der Waals surface area contributed by atoms with Crippen LogP contribution in [0.3, 0.4) is 0 Å². The first-order valence-electron chi connectivity index (χ1n) is 10.6. The summed E-state index contributed by atoms with van der Waals surface area (Å²) in [5.41, 5.74) is 0.636. The fourth-order valence-electron chi connectivity index (χ4n) is 3.92. The number of amides is 1. The molecule has 1 atom stereocenters. The summed E-state index contributed by atoms with van der Waals surface area (Å²) in [7, 11) is 0. The van der Waals surface area contributed by atoms with E-state index in [9.17, 15) is 14.4 Å². The normalized spacial score (nSPS) is 18.4. The number of benzene rings is 1. The van der Waals surface area contributed by atoms with E-state index in [-0.39, 0.29) is 34.6 Å². The number of hydrogen-bond acceptors (Lipinski definition) is 6. The standard InChI is InChI=1S/C22H27N3O4S/c1-3-29-21(28)15-10-12-24(13-11-15)19(26)14(2)30-22-23-18-7-5-4-6-17(18)20(27)25(22)16-8-9-16/h4-7,14-16H,3,8-13H2,1-2H3/t14-/m1/s1. The molecule has 30 heavy (non-hydrogen) atoms. The Kier molecular flexibility index (Phi) is 6.13. The zero-order valence-corrected chi connectivity index (χ0v) is 18.2. The third-order valence-corrected chi connectivity index (χ3v) is 6.80. The van der Waals surface area contributed by atoms with Crippen LogP contribution in [0, 0.1) is 5.92 Å². The van der Waals surface area contributed by atoms with Gasteiger partial charge in [0.1, 0.15) is 0 Å². The van der Waals surface area contributed by atoms with E-state index >= 15 is 0 Å². The monoisotopic (exact) mass is 429 g/mol. The van der Waals surface area contributed by atoms with Gasteiger partial charge in [-0.1, -0.05) is 23.9 Å². The lowest BCUT2D eigenvalue weighted by Crippen LogP contribution is -2.43. The summed E-state index contributed by atoms with van der Waals surface area (Å²) in [6, 6.07) is 7.54. The van der Waals surface area contributed by atoms with Gasteiger partial charge in [-0.05, 0) is 51.7 Å². The molecule has 0 spiro atoms. The lowest BCUT2D eigenvalue weighted by atomic mass is 9.97. The van der Waals surface area contributed by atoms with Gasteiger partial charge in [-0.2, -0.15) is 0 Å². The Bertz CT molecular complexity index is 1010. The van der Waals surface area contributed by atoms with Crippen LogP contribution in [0.2, 0.25) is 0 Å². The zero-order chi connectivity index (χ0) is 21.3. The number of thioether (sulfide) groups is 1. The Labute approximate surface area is 179 Å². The molecule has 7 nitrogen and oxygen atoms in total. The molecule has 2 aliphatic rings. The largest absolute Gasteiger partial charge is 0.466 e. The zero-order valence-electron chi connectivity index (χ0n) is 17.4. The molecule has 1 aliphatic carbocycles. The molecule has 0 unspecified atom stereocenters. The molecule has 4 rings (SSSR count). The predicted molar refractivity (Wildman–Crippen MR) is 116 cm³/mol.